The number of ketones is 1. The van der Waals surface area contributed by atoms with Gasteiger partial charge in [0.25, 0.3) is 0 Å². The molecule has 58 valence electrons. The highest BCUT2D eigenvalue weighted by molar-refractivity contribution is 8.00. The number of carbonyl (C=O) groups is 1. The molecule has 0 amide bonds. The number of rotatable bonds is 3. The van der Waals surface area contributed by atoms with E-state index in [1.165, 1.54) is 6.42 Å². The van der Waals surface area contributed by atoms with Crippen molar-refractivity contribution in [1.82, 2.24) is 0 Å². The van der Waals surface area contributed by atoms with Crippen LogP contribution in [0, 0.1) is 0 Å². The van der Waals surface area contributed by atoms with Crippen molar-refractivity contribution in [2.45, 2.75) is 24.5 Å². The zero-order valence-corrected chi connectivity index (χ0v) is 6.82. The average molecular weight is 159 g/mol. The van der Waals surface area contributed by atoms with E-state index in [0.717, 1.165) is 12.2 Å². The van der Waals surface area contributed by atoms with Gasteiger partial charge >= 0.3 is 0 Å². The minimum Gasteiger partial charge on any atom is -0.330 e. The maximum absolute atomic E-state index is 11.1. The fraction of sp³-hybridized carbons (Fsp3) is 0.857. The standard InChI is InChI=1S/C7H13NOS/c8-4-3-6(9)7-2-1-5-10-7/h7H,1-5,8H2. The van der Waals surface area contributed by atoms with Gasteiger partial charge in [-0.3, -0.25) is 4.79 Å². The molecule has 10 heavy (non-hydrogen) atoms. The summed E-state index contributed by atoms with van der Waals surface area (Å²) in [5.41, 5.74) is 5.27. The van der Waals surface area contributed by atoms with E-state index in [1.807, 2.05) is 0 Å². The van der Waals surface area contributed by atoms with Gasteiger partial charge in [-0.1, -0.05) is 0 Å². The zero-order valence-electron chi connectivity index (χ0n) is 6.01. The summed E-state index contributed by atoms with van der Waals surface area (Å²) in [5.74, 6) is 1.51. The Labute approximate surface area is 65.5 Å². The topological polar surface area (TPSA) is 43.1 Å². The predicted octanol–water partition coefficient (Wildman–Crippen LogP) is 0.800. The molecule has 0 aliphatic carbocycles. The number of hydrogen-bond donors (Lipinski definition) is 1. The molecular formula is C7H13NOS. The Morgan fingerprint density at radius 1 is 1.70 bits per heavy atom. The lowest BCUT2D eigenvalue weighted by Crippen LogP contribution is -2.17. The van der Waals surface area contributed by atoms with Gasteiger partial charge < -0.3 is 5.73 Å². The second-order valence-corrected chi connectivity index (χ2v) is 3.82. The highest BCUT2D eigenvalue weighted by Gasteiger charge is 2.21. The molecule has 0 bridgehead atoms. The van der Waals surface area contributed by atoms with Crippen molar-refractivity contribution in [3.05, 3.63) is 0 Å². The minimum absolute atomic E-state index is 0.281. The van der Waals surface area contributed by atoms with Crippen LogP contribution in [0.4, 0.5) is 0 Å². The smallest absolute Gasteiger partial charge is 0.147 e. The molecule has 1 heterocycles. The molecule has 1 unspecified atom stereocenters. The van der Waals surface area contributed by atoms with E-state index in [4.69, 9.17) is 5.73 Å². The second-order valence-electron chi connectivity index (χ2n) is 2.51. The van der Waals surface area contributed by atoms with Gasteiger partial charge in [0.05, 0.1) is 5.25 Å². The summed E-state index contributed by atoms with van der Waals surface area (Å²) in [5, 5.41) is 0.281. The van der Waals surface area contributed by atoms with Crippen LogP contribution in [0.1, 0.15) is 19.3 Å². The van der Waals surface area contributed by atoms with Crippen LogP contribution in [0.25, 0.3) is 0 Å². The van der Waals surface area contributed by atoms with Gasteiger partial charge in [-0.05, 0) is 25.1 Å². The van der Waals surface area contributed by atoms with E-state index in [-0.39, 0.29) is 5.25 Å². The van der Waals surface area contributed by atoms with Crippen LogP contribution in [-0.4, -0.2) is 23.3 Å². The van der Waals surface area contributed by atoms with Crippen LogP contribution in [0.3, 0.4) is 0 Å². The Morgan fingerprint density at radius 3 is 3.00 bits per heavy atom. The summed E-state index contributed by atoms with van der Waals surface area (Å²) < 4.78 is 0. The first-order valence-corrected chi connectivity index (χ1v) is 4.74. The molecule has 1 saturated heterocycles. The average Bonchev–Trinajstić information content (AvgIpc) is 2.38. The van der Waals surface area contributed by atoms with Crippen LogP contribution in [-0.2, 0) is 4.79 Å². The molecule has 0 aromatic carbocycles. The Morgan fingerprint density at radius 2 is 2.50 bits per heavy atom. The largest absolute Gasteiger partial charge is 0.330 e. The van der Waals surface area contributed by atoms with E-state index in [1.54, 1.807) is 11.8 Å². The first-order chi connectivity index (χ1) is 4.84. The fourth-order valence-corrected chi connectivity index (χ4v) is 2.39. The quantitative estimate of drug-likeness (QED) is 0.662. The number of Topliss-reactive ketones (excluding diaryl/α,β-unsaturated/α-hetero) is 1. The molecule has 3 heteroatoms. The number of hydrogen-bond acceptors (Lipinski definition) is 3. The molecule has 1 aliphatic heterocycles. The number of nitrogens with two attached hydrogens (primary N) is 1. The first-order valence-electron chi connectivity index (χ1n) is 3.69. The van der Waals surface area contributed by atoms with Gasteiger partial charge in [0.1, 0.15) is 5.78 Å². The summed E-state index contributed by atoms with van der Waals surface area (Å²) >= 11 is 1.79. The fourth-order valence-electron chi connectivity index (χ4n) is 1.13. The van der Waals surface area contributed by atoms with Crippen LogP contribution in [0.15, 0.2) is 0 Å². The maximum Gasteiger partial charge on any atom is 0.147 e. The van der Waals surface area contributed by atoms with E-state index in [9.17, 15) is 4.79 Å². The van der Waals surface area contributed by atoms with Gasteiger partial charge in [0.15, 0.2) is 0 Å². The van der Waals surface area contributed by atoms with Crippen molar-refractivity contribution in [2.24, 2.45) is 5.73 Å². The summed E-state index contributed by atoms with van der Waals surface area (Å²) in [7, 11) is 0. The summed E-state index contributed by atoms with van der Waals surface area (Å²) in [6, 6.07) is 0. The summed E-state index contributed by atoms with van der Waals surface area (Å²) in [6.07, 6.45) is 2.84. The highest BCUT2D eigenvalue weighted by atomic mass is 32.2. The zero-order chi connectivity index (χ0) is 7.40. The van der Waals surface area contributed by atoms with Crippen LogP contribution in [0.2, 0.25) is 0 Å². The van der Waals surface area contributed by atoms with Crippen molar-refractivity contribution >= 4 is 17.5 Å². The molecule has 0 aromatic heterocycles. The van der Waals surface area contributed by atoms with Crippen LogP contribution in [0.5, 0.6) is 0 Å². The maximum atomic E-state index is 11.1. The number of carbonyl (C=O) groups excluding carboxylic acids is 1. The molecule has 1 rings (SSSR count). The van der Waals surface area contributed by atoms with Crippen molar-refractivity contribution in [2.75, 3.05) is 12.3 Å². The lowest BCUT2D eigenvalue weighted by molar-refractivity contribution is -0.118. The molecule has 2 N–H and O–H groups in total. The van der Waals surface area contributed by atoms with Gasteiger partial charge in [0, 0.05) is 6.42 Å². The SMILES string of the molecule is NCCC(=O)C1CCCS1. The molecule has 1 atom stereocenters. The Hall–Kier alpha value is -0.0200. The third-order valence-electron chi connectivity index (χ3n) is 1.68. The molecule has 0 spiro atoms. The Balaban J connectivity index is 2.25. The molecule has 0 aromatic rings. The first kappa shape index (κ1) is 8.08. The van der Waals surface area contributed by atoms with Gasteiger partial charge in [0.2, 0.25) is 0 Å². The molecule has 1 fully saturated rings. The third kappa shape index (κ3) is 1.99. The minimum atomic E-state index is 0.281. The van der Waals surface area contributed by atoms with Crippen LogP contribution < -0.4 is 5.73 Å². The lowest BCUT2D eigenvalue weighted by Gasteiger charge is -2.04. The highest BCUT2D eigenvalue weighted by Crippen LogP contribution is 2.27. The Kier molecular flexibility index (Phi) is 3.22. The van der Waals surface area contributed by atoms with E-state index >= 15 is 0 Å². The molecule has 0 saturated carbocycles. The van der Waals surface area contributed by atoms with E-state index < -0.39 is 0 Å². The molecule has 0 radical (unpaired) electrons. The number of thioether (sulfide) groups is 1. The predicted molar refractivity (Wildman–Crippen MR) is 44.2 cm³/mol. The lowest BCUT2D eigenvalue weighted by atomic mass is 10.1. The summed E-state index contributed by atoms with van der Waals surface area (Å²) in [6.45, 7) is 0.510. The van der Waals surface area contributed by atoms with E-state index in [2.05, 4.69) is 0 Å². The second kappa shape index (κ2) is 3.98. The van der Waals surface area contributed by atoms with Gasteiger partial charge in [-0.15, -0.1) is 0 Å². The van der Waals surface area contributed by atoms with Crippen molar-refractivity contribution in [3.8, 4) is 0 Å². The van der Waals surface area contributed by atoms with Crippen molar-refractivity contribution < 1.29 is 4.79 Å². The van der Waals surface area contributed by atoms with Crippen molar-refractivity contribution in [3.63, 3.8) is 0 Å². The molecular weight excluding hydrogens is 146 g/mol. The normalized spacial score (nSPS) is 25.1. The third-order valence-corrected chi connectivity index (χ3v) is 3.10. The molecule has 1 aliphatic rings. The molecule has 2 nitrogen and oxygen atoms in total. The monoisotopic (exact) mass is 159 g/mol. The van der Waals surface area contributed by atoms with Crippen molar-refractivity contribution in [1.29, 1.82) is 0 Å². The van der Waals surface area contributed by atoms with Gasteiger partial charge in [-0.2, -0.15) is 11.8 Å². The van der Waals surface area contributed by atoms with E-state index in [0.29, 0.717) is 18.7 Å². The van der Waals surface area contributed by atoms with Gasteiger partial charge in [-0.25, -0.2) is 0 Å². The summed E-state index contributed by atoms with van der Waals surface area (Å²) in [4.78, 5) is 11.1. The van der Waals surface area contributed by atoms with Crippen LogP contribution >= 0.6 is 11.8 Å². The Bertz CT molecular complexity index is 121.